The van der Waals surface area contributed by atoms with Crippen LogP contribution in [0, 0.1) is 6.92 Å². The van der Waals surface area contributed by atoms with Crippen LogP contribution in [0.3, 0.4) is 0 Å². The van der Waals surface area contributed by atoms with E-state index < -0.39 is 0 Å². The zero-order valence-corrected chi connectivity index (χ0v) is 19.2. The summed E-state index contributed by atoms with van der Waals surface area (Å²) in [5, 5.41) is 12.2. The first-order chi connectivity index (χ1) is 14.2. The molecular weight excluding hydrogens is 462 g/mol. The van der Waals surface area contributed by atoms with Crippen molar-refractivity contribution in [3.05, 3.63) is 87.5 Å². The van der Waals surface area contributed by atoms with Gasteiger partial charge in [-0.15, -0.1) is 28.1 Å². The number of aromatic nitrogens is 3. The van der Waals surface area contributed by atoms with Gasteiger partial charge in [-0.05, 0) is 30.2 Å². The van der Waals surface area contributed by atoms with Crippen molar-refractivity contribution in [2.75, 3.05) is 0 Å². The summed E-state index contributed by atoms with van der Waals surface area (Å²) >= 11 is 6.99. The van der Waals surface area contributed by atoms with Gasteiger partial charge >= 0.3 is 0 Å². The lowest BCUT2D eigenvalue weighted by Gasteiger charge is -2.10. The quantitative estimate of drug-likeness (QED) is 0.206. The van der Waals surface area contributed by atoms with Crippen molar-refractivity contribution >= 4 is 39.0 Å². The van der Waals surface area contributed by atoms with Crippen LogP contribution in [0.4, 0.5) is 0 Å². The van der Waals surface area contributed by atoms with Crippen LogP contribution in [0.2, 0.25) is 0 Å². The van der Waals surface area contributed by atoms with Crippen molar-refractivity contribution in [2.45, 2.75) is 24.4 Å². The molecule has 0 unspecified atom stereocenters. The van der Waals surface area contributed by atoms with Gasteiger partial charge in [-0.3, -0.25) is 4.57 Å². The Morgan fingerprint density at radius 3 is 2.72 bits per heavy atom. The second-order valence-corrected chi connectivity index (χ2v) is 9.51. The van der Waals surface area contributed by atoms with Gasteiger partial charge in [0.05, 0.1) is 0 Å². The maximum absolute atomic E-state index is 4.58. The molecule has 0 atom stereocenters. The molecule has 2 aromatic heterocycles. The molecular formula is C23H20BrN3S2. The van der Waals surface area contributed by atoms with E-state index >= 15 is 0 Å². The molecule has 0 spiro atoms. The highest BCUT2D eigenvalue weighted by Crippen LogP contribution is 2.39. The third-order valence-electron chi connectivity index (χ3n) is 4.56. The molecule has 0 saturated carbocycles. The Hall–Kier alpha value is -2.15. The molecule has 0 aliphatic rings. The van der Waals surface area contributed by atoms with E-state index in [4.69, 9.17) is 0 Å². The molecule has 0 saturated heterocycles. The maximum atomic E-state index is 4.58. The fourth-order valence-corrected chi connectivity index (χ4v) is 5.45. The number of nitrogens with zero attached hydrogens (tertiary/aromatic N) is 3. The fourth-order valence-electron chi connectivity index (χ4n) is 3.25. The fraction of sp³-hybridized carbons (Fsp3) is 0.130. The van der Waals surface area contributed by atoms with Gasteiger partial charge in [0, 0.05) is 38.2 Å². The lowest BCUT2D eigenvalue weighted by molar-refractivity contribution is 0.731. The van der Waals surface area contributed by atoms with Gasteiger partial charge in [0.2, 0.25) is 0 Å². The second kappa shape index (κ2) is 9.11. The van der Waals surface area contributed by atoms with E-state index in [9.17, 15) is 0 Å². The molecule has 0 radical (unpaired) electrons. The summed E-state index contributed by atoms with van der Waals surface area (Å²) in [7, 11) is 0. The number of thioether (sulfide) groups is 1. The van der Waals surface area contributed by atoms with Crippen LogP contribution < -0.4 is 0 Å². The molecule has 0 aliphatic heterocycles. The first-order valence-corrected chi connectivity index (χ1v) is 11.9. The normalized spacial score (nSPS) is 11.0. The molecule has 6 heteroatoms. The summed E-state index contributed by atoms with van der Waals surface area (Å²) in [5.74, 6) is 1.73. The molecule has 0 N–H and O–H groups in total. The number of aryl methyl sites for hydroxylation is 1. The molecule has 0 bridgehead atoms. The third-order valence-corrected chi connectivity index (χ3v) is 7.01. The van der Waals surface area contributed by atoms with Crippen molar-refractivity contribution in [2.24, 2.45) is 0 Å². The van der Waals surface area contributed by atoms with E-state index in [1.165, 1.54) is 21.6 Å². The Labute approximate surface area is 187 Å². The largest absolute Gasteiger partial charge is 0.298 e. The first kappa shape index (κ1) is 20.1. The molecule has 0 fully saturated rings. The molecule has 2 aromatic carbocycles. The topological polar surface area (TPSA) is 30.7 Å². The van der Waals surface area contributed by atoms with Gasteiger partial charge < -0.3 is 0 Å². The first-order valence-electron chi connectivity index (χ1n) is 9.22. The number of halogens is 1. The number of allylic oxidation sites excluding steroid dienone is 1. The second-order valence-electron chi connectivity index (χ2n) is 6.57. The van der Waals surface area contributed by atoms with Crippen molar-refractivity contribution in [3.8, 4) is 22.5 Å². The minimum atomic E-state index is 0.673. The summed E-state index contributed by atoms with van der Waals surface area (Å²) < 4.78 is 3.24. The van der Waals surface area contributed by atoms with Crippen LogP contribution in [0.15, 0.2) is 82.3 Å². The Morgan fingerprint density at radius 2 is 1.97 bits per heavy atom. The van der Waals surface area contributed by atoms with Gasteiger partial charge in [0.15, 0.2) is 11.0 Å². The predicted molar refractivity (Wildman–Crippen MR) is 127 cm³/mol. The summed E-state index contributed by atoms with van der Waals surface area (Å²) in [6.07, 6.45) is 1.90. The Morgan fingerprint density at radius 1 is 1.14 bits per heavy atom. The highest BCUT2D eigenvalue weighted by molar-refractivity contribution is 9.10. The van der Waals surface area contributed by atoms with Crippen molar-refractivity contribution in [1.82, 2.24) is 14.8 Å². The molecule has 3 nitrogen and oxygen atoms in total. The zero-order valence-electron chi connectivity index (χ0n) is 16.0. The van der Waals surface area contributed by atoms with E-state index in [0.717, 1.165) is 26.8 Å². The van der Waals surface area contributed by atoms with E-state index in [1.54, 1.807) is 23.1 Å². The van der Waals surface area contributed by atoms with Crippen LogP contribution >= 0.6 is 39.0 Å². The van der Waals surface area contributed by atoms with Crippen LogP contribution in [-0.2, 0) is 12.3 Å². The molecule has 4 rings (SSSR count). The number of hydrogen-bond acceptors (Lipinski definition) is 4. The Balaban J connectivity index is 1.70. The smallest absolute Gasteiger partial charge is 0.192 e. The van der Waals surface area contributed by atoms with Crippen LogP contribution in [0.5, 0.6) is 0 Å². The van der Waals surface area contributed by atoms with E-state index in [-0.39, 0.29) is 0 Å². The Kier molecular flexibility index (Phi) is 6.33. The standard InChI is InChI=1S/C23H20BrN3S2/c1-3-12-27-22(20-15-28-16(2)21(20)18-9-5-4-6-10-18)25-26-23(27)29-14-17-8-7-11-19(24)13-17/h3-11,13,15H,1,12,14H2,2H3. The van der Waals surface area contributed by atoms with Crippen LogP contribution in [0.1, 0.15) is 10.4 Å². The van der Waals surface area contributed by atoms with Crippen LogP contribution in [-0.4, -0.2) is 14.8 Å². The molecule has 4 aromatic rings. The molecule has 0 amide bonds. The van der Waals surface area contributed by atoms with Crippen molar-refractivity contribution < 1.29 is 0 Å². The minimum absolute atomic E-state index is 0.673. The van der Waals surface area contributed by atoms with E-state index in [2.05, 4.69) is 92.0 Å². The highest BCUT2D eigenvalue weighted by Gasteiger charge is 2.20. The Bertz CT molecular complexity index is 1130. The number of benzene rings is 2. The number of rotatable bonds is 7. The molecule has 29 heavy (non-hydrogen) atoms. The number of hydrogen-bond donors (Lipinski definition) is 0. The van der Waals surface area contributed by atoms with E-state index in [1.807, 2.05) is 18.2 Å². The lowest BCUT2D eigenvalue weighted by atomic mass is 10.0. The summed E-state index contributed by atoms with van der Waals surface area (Å²) in [4.78, 5) is 1.28. The summed E-state index contributed by atoms with van der Waals surface area (Å²) in [6.45, 7) is 6.77. The summed E-state index contributed by atoms with van der Waals surface area (Å²) in [6, 6.07) is 18.8. The predicted octanol–water partition coefficient (Wildman–Crippen LogP) is 7.22. The monoisotopic (exact) mass is 481 g/mol. The highest BCUT2D eigenvalue weighted by atomic mass is 79.9. The maximum Gasteiger partial charge on any atom is 0.192 e. The lowest BCUT2D eigenvalue weighted by Crippen LogP contribution is -2.01. The molecule has 146 valence electrons. The SMILES string of the molecule is C=CCn1c(SCc2cccc(Br)c2)nnc1-c1csc(C)c1-c1ccccc1. The van der Waals surface area contributed by atoms with Gasteiger partial charge in [0.25, 0.3) is 0 Å². The number of thiophene rings is 1. The zero-order chi connectivity index (χ0) is 20.2. The van der Waals surface area contributed by atoms with Crippen molar-refractivity contribution in [1.29, 1.82) is 0 Å². The summed E-state index contributed by atoms with van der Waals surface area (Å²) in [5.41, 5.74) is 4.81. The third kappa shape index (κ3) is 4.39. The average molecular weight is 482 g/mol. The van der Waals surface area contributed by atoms with Crippen LogP contribution in [0.25, 0.3) is 22.5 Å². The van der Waals surface area contributed by atoms with Crippen molar-refractivity contribution in [3.63, 3.8) is 0 Å². The van der Waals surface area contributed by atoms with Gasteiger partial charge in [-0.1, -0.05) is 76.2 Å². The minimum Gasteiger partial charge on any atom is -0.298 e. The molecule has 2 heterocycles. The average Bonchev–Trinajstić information content (AvgIpc) is 3.30. The van der Waals surface area contributed by atoms with Gasteiger partial charge in [0.1, 0.15) is 0 Å². The van der Waals surface area contributed by atoms with Gasteiger partial charge in [-0.2, -0.15) is 0 Å². The van der Waals surface area contributed by atoms with E-state index in [0.29, 0.717) is 6.54 Å². The molecule has 0 aliphatic carbocycles. The van der Waals surface area contributed by atoms with Gasteiger partial charge in [-0.25, -0.2) is 0 Å².